The van der Waals surface area contributed by atoms with Crippen LogP contribution >= 0.6 is 0 Å². The molecule has 0 saturated heterocycles. The van der Waals surface area contributed by atoms with Gasteiger partial charge in [-0.2, -0.15) is 0 Å². The van der Waals surface area contributed by atoms with Gasteiger partial charge in [-0.05, 0) is 82.6 Å². The average molecular weight is 497 g/mol. The lowest BCUT2D eigenvalue weighted by Crippen LogP contribution is -2.29. The van der Waals surface area contributed by atoms with Crippen molar-refractivity contribution in [2.24, 2.45) is 0 Å². The maximum Gasteiger partial charge on any atom is 0.144 e. The van der Waals surface area contributed by atoms with Crippen LogP contribution in [0.1, 0.15) is 67.3 Å². The minimum atomic E-state index is -1.49. The maximum absolute atomic E-state index is 12.7. The summed E-state index contributed by atoms with van der Waals surface area (Å²) in [7, 11) is 3.26. The van der Waals surface area contributed by atoms with Crippen LogP contribution in [-0.2, 0) is 5.60 Å². The first-order chi connectivity index (χ1) is 17.8. The van der Waals surface area contributed by atoms with E-state index < -0.39 is 5.60 Å². The summed E-state index contributed by atoms with van der Waals surface area (Å²) in [5.41, 5.74) is 2.95. The zero-order chi connectivity index (χ0) is 26.6. The molecule has 192 valence electrons. The van der Waals surface area contributed by atoms with Crippen molar-refractivity contribution in [1.29, 1.82) is 0 Å². The summed E-state index contributed by atoms with van der Waals surface area (Å²) in [6.07, 6.45) is 0. The van der Waals surface area contributed by atoms with Crippen molar-refractivity contribution >= 4 is 0 Å². The second-order valence-corrected chi connectivity index (χ2v) is 9.90. The van der Waals surface area contributed by atoms with Crippen LogP contribution in [0, 0.1) is 0 Å². The number of aliphatic hydroxyl groups is 1. The second-order valence-electron chi connectivity index (χ2n) is 9.90. The summed E-state index contributed by atoms with van der Waals surface area (Å²) in [6.45, 7) is 8.62. The van der Waals surface area contributed by atoms with E-state index in [9.17, 15) is 5.11 Å². The Labute approximate surface area is 220 Å². The summed E-state index contributed by atoms with van der Waals surface area (Å²) < 4.78 is 17.2. The Morgan fingerprint density at radius 3 is 1.43 bits per heavy atom. The molecule has 4 aromatic rings. The van der Waals surface area contributed by atoms with E-state index in [0.29, 0.717) is 28.4 Å². The van der Waals surface area contributed by atoms with Gasteiger partial charge in [-0.15, -0.1) is 0 Å². The number of hydrogen-bond donors (Lipinski definition) is 1. The summed E-state index contributed by atoms with van der Waals surface area (Å²) >= 11 is 0. The fraction of sp³-hybridized carbons (Fsp3) is 0.273. The Bertz CT molecular complexity index is 1260. The predicted molar refractivity (Wildman–Crippen MR) is 149 cm³/mol. The molecule has 0 atom stereocenters. The third-order valence-electron chi connectivity index (χ3n) is 6.85. The predicted octanol–water partition coefficient (Wildman–Crippen LogP) is 8.03. The van der Waals surface area contributed by atoms with Gasteiger partial charge in [0.25, 0.3) is 0 Å². The molecule has 37 heavy (non-hydrogen) atoms. The average Bonchev–Trinajstić information content (AvgIpc) is 2.93. The zero-order valence-corrected chi connectivity index (χ0v) is 22.5. The van der Waals surface area contributed by atoms with Gasteiger partial charge in [0.05, 0.1) is 14.2 Å². The highest BCUT2D eigenvalue weighted by Crippen LogP contribution is 2.44. The lowest BCUT2D eigenvalue weighted by Gasteiger charge is -2.32. The van der Waals surface area contributed by atoms with Crippen molar-refractivity contribution < 1.29 is 19.3 Å². The highest BCUT2D eigenvalue weighted by molar-refractivity contribution is 5.56. The summed E-state index contributed by atoms with van der Waals surface area (Å²) in [6, 6.07) is 29.2. The van der Waals surface area contributed by atoms with Crippen LogP contribution in [0.2, 0.25) is 0 Å². The van der Waals surface area contributed by atoms with Crippen LogP contribution in [0.15, 0.2) is 91.0 Å². The summed E-state index contributed by atoms with van der Waals surface area (Å²) in [5.74, 6) is 3.46. The zero-order valence-electron chi connectivity index (χ0n) is 22.5. The molecule has 4 heteroatoms. The Morgan fingerprint density at radius 1 is 0.568 bits per heavy atom. The molecule has 0 bridgehead atoms. The molecular formula is C33H36O4. The van der Waals surface area contributed by atoms with E-state index >= 15 is 0 Å². The van der Waals surface area contributed by atoms with Crippen LogP contribution in [0.4, 0.5) is 0 Å². The molecule has 0 heterocycles. The van der Waals surface area contributed by atoms with E-state index in [1.165, 1.54) is 5.56 Å². The van der Waals surface area contributed by atoms with Gasteiger partial charge in [0.2, 0.25) is 0 Å². The van der Waals surface area contributed by atoms with E-state index in [-0.39, 0.29) is 5.92 Å². The van der Waals surface area contributed by atoms with Gasteiger partial charge in [0.15, 0.2) is 0 Å². The van der Waals surface area contributed by atoms with E-state index in [2.05, 4.69) is 52.0 Å². The van der Waals surface area contributed by atoms with Gasteiger partial charge >= 0.3 is 0 Å². The molecular weight excluding hydrogens is 460 g/mol. The van der Waals surface area contributed by atoms with Gasteiger partial charge < -0.3 is 19.3 Å². The summed E-state index contributed by atoms with van der Waals surface area (Å²) in [5, 5.41) is 12.7. The topological polar surface area (TPSA) is 47.9 Å². The summed E-state index contributed by atoms with van der Waals surface area (Å²) in [4.78, 5) is 0. The molecule has 0 spiro atoms. The SMILES string of the molecule is COc1ccc(C(O)(c2ccc(OC)cc2)c2cc(C(C)C)ccc2Oc2ccc(C(C)C)cc2)cc1. The van der Waals surface area contributed by atoms with Crippen molar-refractivity contribution in [2.45, 2.75) is 45.1 Å². The molecule has 1 N–H and O–H groups in total. The van der Waals surface area contributed by atoms with Crippen molar-refractivity contribution in [2.75, 3.05) is 14.2 Å². The minimum absolute atomic E-state index is 0.272. The molecule has 4 aromatic carbocycles. The fourth-order valence-corrected chi connectivity index (χ4v) is 4.47. The highest BCUT2D eigenvalue weighted by atomic mass is 16.5. The van der Waals surface area contributed by atoms with Gasteiger partial charge in [-0.3, -0.25) is 0 Å². The van der Waals surface area contributed by atoms with E-state index in [1.807, 2.05) is 66.7 Å². The first-order valence-electron chi connectivity index (χ1n) is 12.7. The van der Waals surface area contributed by atoms with Gasteiger partial charge in [0.1, 0.15) is 28.6 Å². The lowest BCUT2D eigenvalue weighted by molar-refractivity contribution is 0.122. The lowest BCUT2D eigenvalue weighted by atomic mass is 9.78. The monoisotopic (exact) mass is 496 g/mol. The molecule has 0 amide bonds. The first kappa shape index (κ1) is 26.3. The van der Waals surface area contributed by atoms with Crippen LogP contribution in [0.5, 0.6) is 23.0 Å². The Balaban J connectivity index is 1.91. The van der Waals surface area contributed by atoms with E-state index in [0.717, 1.165) is 22.8 Å². The van der Waals surface area contributed by atoms with Crippen LogP contribution in [0.3, 0.4) is 0 Å². The van der Waals surface area contributed by atoms with Crippen molar-refractivity contribution in [1.82, 2.24) is 0 Å². The Morgan fingerprint density at radius 2 is 1.00 bits per heavy atom. The number of benzene rings is 4. The first-order valence-corrected chi connectivity index (χ1v) is 12.7. The standard InChI is InChI=1S/C33H36O4/c1-22(2)24-7-14-30(15-8-24)37-32-20-9-25(23(3)4)21-31(32)33(34,26-10-16-28(35-5)17-11-26)27-12-18-29(36-6)19-13-27/h7-23,34H,1-6H3. The second kappa shape index (κ2) is 11.1. The van der Waals surface area contributed by atoms with Crippen molar-refractivity contribution in [3.8, 4) is 23.0 Å². The quantitative estimate of drug-likeness (QED) is 0.238. The molecule has 0 saturated carbocycles. The molecule has 0 unspecified atom stereocenters. The molecule has 4 nitrogen and oxygen atoms in total. The molecule has 4 rings (SSSR count). The van der Waals surface area contributed by atoms with Crippen molar-refractivity contribution in [3.05, 3.63) is 119 Å². The third-order valence-corrected chi connectivity index (χ3v) is 6.85. The molecule has 0 aliphatic carbocycles. The van der Waals surface area contributed by atoms with Crippen LogP contribution in [-0.4, -0.2) is 19.3 Å². The number of rotatable bonds is 9. The highest BCUT2D eigenvalue weighted by Gasteiger charge is 2.37. The smallest absolute Gasteiger partial charge is 0.144 e. The maximum atomic E-state index is 12.7. The van der Waals surface area contributed by atoms with Crippen LogP contribution < -0.4 is 14.2 Å². The normalized spacial score (nSPS) is 11.6. The number of ether oxygens (including phenoxy) is 3. The molecule has 0 aliphatic heterocycles. The van der Waals surface area contributed by atoms with Gasteiger partial charge in [-0.25, -0.2) is 0 Å². The number of methoxy groups -OCH3 is 2. The molecule has 0 radical (unpaired) electrons. The Kier molecular flexibility index (Phi) is 7.89. The molecule has 0 aromatic heterocycles. The molecule has 0 fully saturated rings. The van der Waals surface area contributed by atoms with E-state index in [4.69, 9.17) is 14.2 Å². The Hall–Kier alpha value is -3.76. The van der Waals surface area contributed by atoms with Gasteiger partial charge in [-0.1, -0.05) is 70.2 Å². The fourth-order valence-electron chi connectivity index (χ4n) is 4.47. The van der Waals surface area contributed by atoms with Crippen molar-refractivity contribution in [3.63, 3.8) is 0 Å². The number of hydrogen-bond acceptors (Lipinski definition) is 4. The van der Waals surface area contributed by atoms with Gasteiger partial charge in [0, 0.05) is 5.56 Å². The van der Waals surface area contributed by atoms with Crippen LogP contribution in [0.25, 0.3) is 0 Å². The third kappa shape index (κ3) is 5.50. The van der Waals surface area contributed by atoms with E-state index in [1.54, 1.807) is 14.2 Å². The molecule has 0 aliphatic rings. The minimum Gasteiger partial charge on any atom is -0.497 e. The largest absolute Gasteiger partial charge is 0.497 e.